The van der Waals surface area contributed by atoms with Crippen LogP contribution in [0.15, 0.2) is 0 Å². The van der Waals surface area contributed by atoms with Crippen molar-refractivity contribution in [3.05, 3.63) is 0 Å². The molecule has 2 atom stereocenters. The SMILES string of the molecule is CCC(CC)CNC(=O)C1CCCC1N. The van der Waals surface area contributed by atoms with Crippen molar-refractivity contribution in [3.8, 4) is 0 Å². The van der Waals surface area contributed by atoms with E-state index in [2.05, 4.69) is 19.2 Å². The summed E-state index contributed by atoms with van der Waals surface area (Å²) in [5.41, 5.74) is 5.89. The van der Waals surface area contributed by atoms with Crippen LogP contribution >= 0.6 is 0 Å². The molecular weight excluding hydrogens is 188 g/mol. The Morgan fingerprint density at radius 2 is 2.07 bits per heavy atom. The van der Waals surface area contributed by atoms with E-state index in [9.17, 15) is 4.79 Å². The molecule has 0 aromatic carbocycles. The molecule has 1 aliphatic carbocycles. The van der Waals surface area contributed by atoms with Crippen LogP contribution in [0.25, 0.3) is 0 Å². The first-order valence-electron chi connectivity index (χ1n) is 6.22. The van der Waals surface area contributed by atoms with Crippen LogP contribution < -0.4 is 11.1 Å². The molecule has 3 N–H and O–H groups in total. The van der Waals surface area contributed by atoms with Crippen molar-refractivity contribution in [2.75, 3.05) is 6.54 Å². The van der Waals surface area contributed by atoms with Crippen molar-refractivity contribution in [2.24, 2.45) is 17.6 Å². The van der Waals surface area contributed by atoms with Gasteiger partial charge in [-0.15, -0.1) is 0 Å². The van der Waals surface area contributed by atoms with Crippen LogP contribution in [-0.2, 0) is 4.79 Å². The van der Waals surface area contributed by atoms with Crippen LogP contribution in [0.1, 0.15) is 46.0 Å². The van der Waals surface area contributed by atoms with E-state index in [4.69, 9.17) is 5.73 Å². The van der Waals surface area contributed by atoms with Crippen LogP contribution in [0, 0.1) is 11.8 Å². The first kappa shape index (κ1) is 12.5. The Hall–Kier alpha value is -0.570. The molecule has 1 rings (SSSR count). The fourth-order valence-electron chi connectivity index (χ4n) is 2.27. The Balaban J connectivity index is 2.29. The van der Waals surface area contributed by atoms with E-state index in [0.29, 0.717) is 5.92 Å². The summed E-state index contributed by atoms with van der Waals surface area (Å²) in [5.74, 6) is 0.859. The predicted octanol–water partition coefficient (Wildman–Crippen LogP) is 1.67. The van der Waals surface area contributed by atoms with Gasteiger partial charge in [-0.2, -0.15) is 0 Å². The molecular formula is C12H24N2O. The Morgan fingerprint density at radius 3 is 2.53 bits per heavy atom. The summed E-state index contributed by atoms with van der Waals surface area (Å²) in [7, 11) is 0. The summed E-state index contributed by atoms with van der Waals surface area (Å²) >= 11 is 0. The minimum absolute atomic E-state index is 0.0689. The Labute approximate surface area is 92.8 Å². The van der Waals surface area contributed by atoms with Gasteiger partial charge < -0.3 is 11.1 Å². The van der Waals surface area contributed by atoms with Gasteiger partial charge in [0.25, 0.3) is 0 Å². The number of rotatable bonds is 5. The van der Waals surface area contributed by atoms with Gasteiger partial charge in [0.05, 0.1) is 5.92 Å². The summed E-state index contributed by atoms with van der Waals surface area (Å²) in [6, 6.07) is 0.0895. The number of hydrogen-bond acceptors (Lipinski definition) is 2. The molecule has 0 radical (unpaired) electrons. The lowest BCUT2D eigenvalue weighted by Crippen LogP contribution is -2.40. The van der Waals surface area contributed by atoms with E-state index in [0.717, 1.165) is 38.6 Å². The molecule has 1 amide bonds. The van der Waals surface area contributed by atoms with E-state index in [1.165, 1.54) is 0 Å². The van der Waals surface area contributed by atoms with Crippen LogP contribution in [0.4, 0.5) is 0 Å². The standard InChI is InChI=1S/C12H24N2O/c1-3-9(4-2)8-14-12(15)10-6-5-7-11(10)13/h9-11H,3-8,13H2,1-2H3,(H,14,15). The monoisotopic (exact) mass is 212 g/mol. The molecule has 2 unspecified atom stereocenters. The topological polar surface area (TPSA) is 55.1 Å². The average molecular weight is 212 g/mol. The fourth-order valence-corrected chi connectivity index (χ4v) is 2.27. The summed E-state index contributed by atoms with van der Waals surface area (Å²) < 4.78 is 0. The van der Waals surface area contributed by atoms with E-state index < -0.39 is 0 Å². The van der Waals surface area contributed by atoms with E-state index in [-0.39, 0.29) is 17.9 Å². The maximum Gasteiger partial charge on any atom is 0.224 e. The molecule has 0 saturated heterocycles. The van der Waals surface area contributed by atoms with Gasteiger partial charge in [-0.3, -0.25) is 4.79 Å². The Morgan fingerprint density at radius 1 is 1.40 bits per heavy atom. The highest BCUT2D eigenvalue weighted by Gasteiger charge is 2.30. The molecule has 0 aromatic rings. The summed E-state index contributed by atoms with van der Waals surface area (Å²) in [4.78, 5) is 11.8. The predicted molar refractivity (Wildman–Crippen MR) is 62.4 cm³/mol. The normalized spacial score (nSPS) is 25.9. The Bertz CT molecular complexity index is 202. The lowest BCUT2D eigenvalue weighted by molar-refractivity contribution is -0.125. The lowest BCUT2D eigenvalue weighted by atomic mass is 10.0. The average Bonchev–Trinajstić information content (AvgIpc) is 2.66. The second kappa shape index (κ2) is 6.11. The van der Waals surface area contributed by atoms with Crippen LogP contribution in [0.2, 0.25) is 0 Å². The number of hydrogen-bond donors (Lipinski definition) is 2. The van der Waals surface area contributed by atoms with Crippen LogP contribution in [-0.4, -0.2) is 18.5 Å². The molecule has 88 valence electrons. The van der Waals surface area contributed by atoms with Crippen LogP contribution in [0.3, 0.4) is 0 Å². The minimum Gasteiger partial charge on any atom is -0.356 e. The highest BCUT2D eigenvalue weighted by molar-refractivity contribution is 5.79. The summed E-state index contributed by atoms with van der Waals surface area (Å²) in [5, 5.41) is 3.04. The molecule has 1 saturated carbocycles. The molecule has 15 heavy (non-hydrogen) atoms. The van der Waals surface area contributed by atoms with Gasteiger partial charge in [-0.05, 0) is 18.8 Å². The zero-order chi connectivity index (χ0) is 11.3. The third kappa shape index (κ3) is 3.49. The number of nitrogens with two attached hydrogens (primary N) is 1. The molecule has 0 spiro atoms. The smallest absolute Gasteiger partial charge is 0.224 e. The molecule has 0 aromatic heterocycles. The molecule has 3 heteroatoms. The third-order valence-electron chi connectivity index (χ3n) is 3.63. The largest absolute Gasteiger partial charge is 0.356 e. The molecule has 0 bridgehead atoms. The van der Waals surface area contributed by atoms with E-state index in [1.807, 2.05) is 0 Å². The number of carbonyl (C=O) groups excluding carboxylic acids is 1. The maximum absolute atomic E-state index is 11.8. The number of carbonyl (C=O) groups is 1. The van der Waals surface area contributed by atoms with Crippen LogP contribution in [0.5, 0.6) is 0 Å². The van der Waals surface area contributed by atoms with E-state index in [1.54, 1.807) is 0 Å². The summed E-state index contributed by atoms with van der Waals surface area (Å²) in [6.07, 6.45) is 5.34. The van der Waals surface area contributed by atoms with Gasteiger partial charge in [0.15, 0.2) is 0 Å². The van der Waals surface area contributed by atoms with Gasteiger partial charge in [-0.25, -0.2) is 0 Å². The number of amides is 1. The van der Waals surface area contributed by atoms with Gasteiger partial charge in [0.2, 0.25) is 5.91 Å². The first-order chi connectivity index (χ1) is 7.19. The lowest BCUT2D eigenvalue weighted by Gasteiger charge is -2.18. The second-order valence-corrected chi connectivity index (χ2v) is 4.63. The van der Waals surface area contributed by atoms with E-state index >= 15 is 0 Å². The third-order valence-corrected chi connectivity index (χ3v) is 3.63. The fraction of sp³-hybridized carbons (Fsp3) is 0.917. The van der Waals surface area contributed by atoms with Crippen molar-refractivity contribution < 1.29 is 4.79 Å². The van der Waals surface area contributed by atoms with Crippen molar-refractivity contribution in [1.82, 2.24) is 5.32 Å². The van der Waals surface area contributed by atoms with Crippen molar-refractivity contribution in [1.29, 1.82) is 0 Å². The van der Waals surface area contributed by atoms with Gasteiger partial charge >= 0.3 is 0 Å². The van der Waals surface area contributed by atoms with Gasteiger partial charge in [0, 0.05) is 12.6 Å². The zero-order valence-corrected chi connectivity index (χ0v) is 9.96. The second-order valence-electron chi connectivity index (χ2n) is 4.63. The maximum atomic E-state index is 11.8. The molecule has 3 nitrogen and oxygen atoms in total. The molecule has 1 fully saturated rings. The quantitative estimate of drug-likeness (QED) is 0.728. The Kier molecular flexibility index (Phi) is 5.09. The van der Waals surface area contributed by atoms with Gasteiger partial charge in [-0.1, -0.05) is 33.1 Å². The highest BCUT2D eigenvalue weighted by atomic mass is 16.1. The summed E-state index contributed by atoms with van der Waals surface area (Å²) in [6.45, 7) is 5.15. The van der Waals surface area contributed by atoms with Crippen molar-refractivity contribution in [2.45, 2.75) is 52.0 Å². The number of nitrogens with one attached hydrogen (secondary N) is 1. The first-order valence-corrected chi connectivity index (χ1v) is 6.22. The zero-order valence-electron chi connectivity index (χ0n) is 9.96. The highest BCUT2D eigenvalue weighted by Crippen LogP contribution is 2.24. The minimum atomic E-state index is 0.0689. The molecule has 1 aliphatic rings. The van der Waals surface area contributed by atoms with Crippen molar-refractivity contribution >= 4 is 5.91 Å². The van der Waals surface area contributed by atoms with Crippen molar-refractivity contribution in [3.63, 3.8) is 0 Å². The molecule has 0 heterocycles. The molecule has 0 aliphatic heterocycles. The van der Waals surface area contributed by atoms with Gasteiger partial charge in [0.1, 0.15) is 0 Å².